The maximum atomic E-state index is 13.7. The summed E-state index contributed by atoms with van der Waals surface area (Å²) in [6.45, 7) is 1.63. The summed E-state index contributed by atoms with van der Waals surface area (Å²) in [6, 6.07) is 4.72. The molecule has 0 saturated carbocycles. The van der Waals surface area contributed by atoms with E-state index in [0.717, 1.165) is 18.5 Å². The molecule has 2 N–H and O–H groups in total. The van der Waals surface area contributed by atoms with Gasteiger partial charge in [-0.05, 0) is 43.6 Å². The summed E-state index contributed by atoms with van der Waals surface area (Å²) in [7, 11) is 3.63. The minimum Gasteiger partial charge on any atom is -0.395 e. The molecule has 1 heterocycles. The number of aliphatic hydroxyl groups is 1. The molecule has 1 aliphatic rings. The topological polar surface area (TPSA) is 55.8 Å². The van der Waals surface area contributed by atoms with Crippen molar-refractivity contribution < 1.29 is 14.3 Å². The van der Waals surface area contributed by atoms with Crippen molar-refractivity contribution in [3.8, 4) is 0 Å². The van der Waals surface area contributed by atoms with Crippen molar-refractivity contribution in [1.29, 1.82) is 0 Å². The van der Waals surface area contributed by atoms with Gasteiger partial charge in [0.25, 0.3) is 0 Å². The number of hydrogen-bond donors (Lipinski definition) is 2. The van der Waals surface area contributed by atoms with Crippen molar-refractivity contribution in [3.05, 3.63) is 34.6 Å². The Balaban J connectivity index is 2.03. The van der Waals surface area contributed by atoms with Crippen LogP contribution in [-0.4, -0.2) is 61.3 Å². The van der Waals surface area contributed by atoms with Crippen LogP contribution in [0.2, 0.25) is 5.02 Å². The van der Waals surface area contributed by atoms with E-state index in [-0.39, 0.29) is 29.6 Å². The number of benzene rings is 1. The number of carbonyl (C=O) groups excluding carboxylic acids is 1. The predicted molar refractivity (Wildman–Crippen MR) is 88.0 cm³/mol. The van der Waals surface area contributed by atoms with Gasteiger partial charge < -0.3 is 15.3 Å². The number of hydrogen-bond acceptors (Lipinski definition) is 3. The molecule has 1 aromatic carbocycles. The zero-order chi connectivity index (χ0) is 17.0. The van der Waals surface area contributed by atoms with Crippen molar-refractivity contribution in [2.75, 3.05) is 40.3 Å². The van der Waals surface area contributed by atoms with Gasteiger partial charge in [-0.15, -0.1) is 0 Å². The van der Waals surface area contributed by atoms with Crippen LogP contribution in [0, 0.1) is 11.7 Å². The molecular formula is C16H23ClFN3O2. The van der Waals surface area contributed by atoms with Gasteiger partial charge in [0, 0.05) is 26.2 Å². The molecule has 0 bridgehead atoms. The Morgan fingerprint density at radius 1 is 1.57 bits per heavy atom. The Morgan fingerprint density at radius 2 is 2.30 bits per heavy atom. The molecular weight excluding hydrogens is 321 g/mol. The summed E-state index contributed by atoms with van der Waals surface area (Å²) in [5.41, 5.74) is 0.870. The number of carbonyl (C=O) groups is 1. The van der Waals surface area contributed by atoms with Gasteiger partial charge in [-0.25, -0.2) is 9.18 Å². The normalized spacial score (nSPS) is 21.4. The molecule has 2 atom stereocenters. The van der Waals surface area contributed by atoms with Crippen LogP contribution in [0.5, 0.6) is 0 Å². The Hall–Kier alpha value is -1.37. The number of urea groups is 1. The molecule has 7 heteroatoms. The zero-order valence-electron chi connectivity index (χ0n) is 13.4. The number of likely N-dealkylation sites (N-methyl/N-ethyl adjacent to an activating group) is 1. The second-order valence-corrected chi connectivity index (χ2v) is 6.39. The maximum absolute atomic E-state index is 13.7. The number of rotatable bonds is 5. The van der Waals surface area contributed by atoms with Gasteiger partial charge in [-0.2, -0.15) is 0 Å². The molecule has 2 rings (SSSR count). The van der Waals surface area contributed by atoms with Gasteiger partial charge in [0.05, 0.1) is 11.6 Å². The average molecular weight is 344 g/mol. The molecule has 2 amide bonds. The second-order valence-electron chi connectivity index (χ2n) is 5.98. The highest BCUT2D eigenvalue weighted by Gasteiger charge is 2.33. The Kier molecular flexibility index (Phi) is 6.21. The molecule has 0 aromatic heterocycles. The molecule has 0 aliphatic carbocycles. The van der Waals surface area contributed by atoms with Crippen LogP contribution in [0.3, 0.4) is 0 Å². The van der Waals surface area contributed by atoms with Crippen LogP contribution in [0.4, 0.5) is 9.18 Å². The van der Waals surface area contributed by atoms with E-state index in [1.807, 2.05) is 13.1 Å². The third kappa shape index (κ3) is 4.34. The number of amides is 2. The molecule has 5 nitrogen and oxygen atoms in total. The number of nitrogens with zero attached hydrogens (tertiary/aromatic N) is 2. The van der Waals surface area contributed by atoms with Crippen molar-refractivity contribution in [3.63, 3.8) is 0 Å². The summed E-state index contributed by atoms with van der Waals surface area (Å²) >= 11 is 5.76. The lowest BCUT2D eigenvalue weighted by molar-refractivity contribution is 0.187. The molecule has 1 saturated heterocycles. The van der Waals surface area contributed by atoms with Gasteiger partial charge in [0.15, 0.2) is 0 Å². The van der Waals surface area contributed by atoms with Gasteiger partial charge in [-0.3, -0.25) is 4.90 Å². The molecule has 2 unspecified atom stereocenters. The van der Waals surface area contributed by atoms with Crippen LogP contribution in [0.1, 0.15) is 18.0 Å². The monoisotopic (exact) mass is 343 g/mol. The first-order valence-corrected chi connectivity index (χ1v) is 8.07. The SMILES string of the molecule is CN(CCO)C(=O)NCC1CCN(C)C1c1ccc(Cl)c(F)c1. The van der Waals surface area contributed by atoms with E-state index >= 15 is 0 Å². The van der Waals surface area contributed by atoms with E-state index in [4.69, 9.17) is 16.7 Å². The maximum Gasteiger partial charge on any atom is 0.317 e. The molecule has 23 heavy (non-hydrogen) atoms. The molecule has 0 radical (unpaired) electrons. The van der Waals surface area contributed by atoms with Crippen molar-refractivity contribution in [1.82, 2.24) is 15.1 Å². The van der Waals surface area contributed by atoms with E-state index in [2.05, 4.69) is 10.2 Å². The van der Waals surface area contributed by atoms with Gasteiger partial charge in [0.2, 0.25) is 0 Å². The van der Waals surface area contributed by atoms with Crippen LogP contribution >= 0.6 is 11.6 Å². The highest BCUT2D eigenvalue weighted by molar-refractivity contribution is 6.30. The third-order valence-corrected chi connectivity index (χ3v) is 4.66. The van der Waals surface area contributed by atoms with Crippen molar-refractivity contribution in [2.24, 2.45) is 5.92 Å². The molecule has 128 valence electrons. The highest BCUT2D eigenvalue weighted by Crippen LogP contribution is 2.36. The van der Waals surface area contributed by atoms with Crippen molar-refractivity contribution >= 4 is 17.6 Å². The molecule has 1 fully saturated rings. The van der Waals surface area contributed by atoms with Crippen LogP contribution < -0.4 is 5.32 Å². The minimum atomic E-state index is -0.421. The Bertz CT molecular complexity index is 558. The molecule has 1 aromatic rings. The fourth-order valence-electron chi connectivity index (χ4n) is 3.07. The average Bonchev–Trinajstić information content (AvgIpc) is 2.89. The first-order chi connectivity index (χ1) is 10.9. The van der Waals surface area contributed by atoms with Gasteiger partial charge in [0.1, 0.15) is 5.82 Å². The summed E-state index contributed by atoms with van der Waals surface area (Å²) in [6.07, 6.45) is 0.926. The fourth-order valence-corrected chi connectivity index (χ4v) is 3.19. The minimum absolute atomic E-state index is 0.0465. The van der Waals surface area contributed by atoms with E-state index < -0.39 is 5.82 Å². The first kappa shape index (κ1) is 18.0. The lowest BCUT2D eigenvalue weighted by Crippen LogP contribution is -2.41. The van der Waals surface area contributed by atoms with E-state index in [1.54, 1.807) is 13.1 Å². The van der Waals surface area contributed by atoms with E-state index in [1.165, 1.54) is 11.0 Å². The van der Waals surface area contributed by atoms with E-state index in [9.17, 15) is 9.18 Å². The lowest BCUT2D eigenvalue weighted by atomic mass is 9.93. The fraction of sp³-hybridized carbons (Fsp3) is 0.562. The number of nitrogens with one attached hydrogen (secondary N) is 1. The Labute approximate surface area is 141 Å². The summed E-state index contributed by atoms with van der Waals surface area (Å²) in [5.74, 6) is -0.220. The van der Waals surface area contributed by atoms with Crippen LogP contribution in [-0.2, 0) is 0 Å². The van der Waals surface area contributed by atoms with Crippen LogP contribution in [0.25, 0.3) is 0 Å². The summed E-state index contributed by atoms with van der Waals surface area (Å²) < 4.78 is 13.7. The van der Waals surface area contributed by atoms with Gasteiger partial charge in [-0.1, -0.05) is 17.7 Å². The quantitative estimate of drug-likeness (QED) is 0.861. The number of likely N-dealkylation sites (tertiary alicyclic amines) is 1. The van der Waals surface area contributed by atoms with E-state index in [0.29, 0.717) is 13.1 Å². The molecule has 1 aliphatic heterocycles. The first-order valence-electron chi connectivity index (χ1n) is 7.69. The summed E-state index contributed by atoms with van der Waals surface area (Å²) in [4.78, 5) is 15.5. The van der Waals surface area contributed by atoms with Crippen LogP contribution in [0.15, 0.2) is 18.2 Å². The molecule has 0 spiro atoms. The largest absolute Gasteiger partial charge is 0.395 e. The number of aliphatic hydroxyl groups excluding tert-OH is 1. The standard InChI is InChI=1S/C16H23ClFN3O2/c1-20-6-5-12(10-19-16(23)21(2)7-8-22)15(20)11-3-4-13(17)14(18)9-11/h3-4,9,12,15,22H,5-8,10H2,1-2H3,(H,19,23). The van der Waals surface area contributed by atoms with Gasteiger partial charge >= 0.3 is 6.03 Å². The smallest absolute Gasteiger partial charge is 0.317 e. The highest BCUT2D eigenvalue weighted by atomic mass is 35.5. The lowest BCUT2D eigenvalue weighted by Gasteiger charge is -2.26. The second kappa shape index (κ2) is 7.95. The Morgan fingerprint density at radius 3 is 2.96 bits per heavy atom. The summed E-state index contributed by atoms with van der Waals surface area (Å²) in [5, 5.41) is 11.9. The predicted octanol–water partition coefficient (Wildman–Crippen LogP) is 2.11. The van der Waals surface area contributed by atoms with Crippen molar-refractivity contribution in [2.45, 2.75) is 12.5 Å². The third-order valence-electron chi connectivity index (χ3n) is 4.36. The zero-order valence-corrected chi connectivity index (χ0v) is 14.2. The number of halogens is 2.